The Kier molecular flexibility index (Phi) is 5.59. The molecule has 1 fully saturated rings. The Morgan fingerprint density at radius 2 is 2.19 bits per heavy atom. The lowest BCUT2D eigenvalue weighted by atomic mass is 9.80. The molecule has 1 aromatic heterocycles. The van der Waals surface area contributed by atoms with Crippen LogP contribution in [-0.4, -0.2) is 64.8 Å². The monoisotopic (exact) mass is 300 g/mol. The van der Waals surface area contributed by atoms with Gasteiger partial charge in [-0.2, -0.15) is 0 Å². The molecule has 1 saturated heterocycles. The van der Waals surface area contributed by atoms with Gasteiger partial charge in [0.25, 0.3) is 0 Å². The third-order valence-corrected chi connectivity index (χ3v) is 3.63. The lowest BCUT2D eigenvalue weighted by Gasteiger charge is -2.32. The van der Waals surface area contributed by atoms with Crippen LogP contribution >= 0.6 is 0 Å². The minimum absolute atomic E-state index is 0.224. The number of hydrogen-bond acceptors (Lipinski definition) is 7. The average molecular weight is 300 g/mol. The van der Waals surface area contributed by atoms with E-state index < -0.39 is 11.4 Å². The van der Waals surface area contributed by atoms with Crippen LogP contribution in [0.2, 0.25) is 0 Å². The second-order valence-corrected chi connectivity index (χ2v) is 5.00. The minimum atomic E-state index is -0.880. The van der Waals surface area contributed by atoms with Crippen LogP contribution in [0.3, 0.4) is 0 Å². The molecule has 0 spiro atoms. The number of carboxylic acid groups (broad SMARTS) is 1. The van der Waals surface area contributed by atoms with Gasteiger partial charge in [-0.05, 0) is 23.3 Å². The number of aromatic nitrogens is 4. The predicted octanol–water partition coefficient (Wildman–Crippen LogP) is -0.282. The summed E-state index contributed by atoms with van der Waals surface area (Å²) in [6.07, 6.45) is 0.901. The fourth-order valence-corrected chi connectivity index (χ4v) is 2.24. The van der Waals surface area contributed by atoms with Gasteiger partial charge in [0.05, 0.1) is 25.2 Å². The van der Waals surface area contributed by atoms with E-state index in [4.69, 9.17) is 14.2 Å². The lowest BCUT2D eigenvalue weighted by Crippen LogP contribution is -2.41. The number of ether oxygens (including phenoxy) is 3. The Morgan fingerprint density at radius 1 is 1.43 bits per heavy atom. The van der Waals surface area contributed by atoms with E-state index in [1.54, 1.807) is 7.11 Å². The maximum absolute atomic E-state index is 11.6. The van der Waals surface area contributed by atoms with Crippen molar-refractivity contribution in [1.29, 1.82) is 0 Å². The van der Waals surface area contributed by atoms with E-state index in [1.807, 2.05) is 0 Å². The fourth-order valence-electron chi connectivity index (χ4n) is 2.24. The number of hydrogen-bond donors (Lipinski definition) is 1. The van der Waals surface area contributed by atoms with Crippen LogP contribution in [0.1, 0.15) is 18.7 Å². The Balaban J connectivity index is 2.01. The average Bonchev–Trinajstić information content (AvgIpc) is 2.91. The summed E-state index contributed by atoms with van der Waals surface area (Å²) < 4.78 is 17.0. The highest BCUT2D eigenvalue weighted by Gasteiger charge is 2.41. The van der Waals surface area contributed by atoms with Crippen molar-refractivity contribution in [2.75, 3.05) is 33.5 Å². The summed E-state index contributed by atoms with van der Waals surface area (Å²) in [5, 5.41) is 20.9. The summed E-state index contributed by atoms with van der Waals surface area (Å²) in [5.74, 6) is -0.328. The van der Waals surface area contributed by atoms with Crippen LogP contribution in [-0.2, 0) is 32.2 Å². The van der Waals surface area contributed by atoms with Crippen molar-refractivity contribution in [2.24, 2.45) is 5.41 Å². The van der Waals surface area contributed by atoms with Gasteiger partial charge in [0, 0.05) is 20.3 Å². The van der Waals surface area contributed by atoms with Crippen LogP contribution in [0, 0.1) is 5.41 Å². The molecule has 0 bridgehead atoms. The van der Waals surface area contributed by atoms with Crippen molar-refractivity contribution in [1.82, 2.24) is 20.2 Å². The van der Waals surface area contributed by atoms with Gasteiger partial charge in [-0.1, -0.05) is 0 Å². The van der Waals surface area contributed by atoms with E-state index in [0.29, 0.717) is 45.1 Å². The summed E-state index contributed by atoms with van der Waals surface area (Å²) in [4.78, 5) is 11.6. The summed E-state index contributed by atoms with van der Waals surface area (Å²) in [6, 6.07) is 0. The van der Waals surface area contributed by atoms with Crippen LogP contribution < -0.4 is 0 Å². The number of nitrogens with zero attached hydrogens (tertiary/aromatic N) is 4. The molecule has 0 amide bonds. The fraction of sp³-hybridized carbons (Fsp3) is 0.833. The van der Waals surface area contributed by atoms with Gasteiger partial charge in [0.15, 0.2) is 5.82 Å². The standard InChI is InChI=1S/C12H20N4O5/c1-19-6-7-21-8-10-13-14-15-16(10)9-12(11(17)18)2-4-20-5-3-12/h2-9H2,1H3,(H,17,18). The number of carbonyl (C=O) groups is 1. The first-order valence-electron chi connectivity index (χ1n) is 6.81. The highest BCUT2D eigenvalue weighted by molar-refractivity contribution is 5.74. The molecule has 0 aliphatic carbocycles. The van der Waals surface area contributed by atoms with Crippen molar-refractivity contribution < 1.29 is 24.1 Å². The smallest absolute Gasteiger partial charge is 0.311 e. The van der Waals surface area contributed by atoms with Crippen molar-refractivity contribution in [3.63, 3.8) is 0 Å². The molecule has 1 aromatic rings. The summed E-state index contributed by atoms with van der Waals surface area (Å²) in [6.45, 7) is 2.24. The van der Waals surface area contributed by atoms with Gasteiger partial charge in [0.1, 0.15) is 6.61 Å². The lowest BCUT2D eigenvalue weighted by molar-refractivity contribution is -0.156. The number of aliphatic carboxylic acids is 1. The number of methoxy groups -OCH3 is 1. The molecular weight excluding hydrogens is 280 g/mol. The van der Waals surface area contributed by atoms with E-state index >= 15 is 0 Å². The highest BCUT2D eigenvalue weighted by Crippen LogP contribution is 2.32. The van der Waals surface area contributed by atoms with E-state index in [9.17, 15) is 9.90 Å². The summed E-state index contributed by atoms with van der Waals surface area (Å²) in [5.41, 5.74) is -0.880. The third kappa shape index (κ3) is 3.96. The molecule has 118 valence electrons. The van der Waals surface area contributed by atoms with Gasteiger partial charge in [0.2, 0.25) is 0 Å². The Morgan fingerprint density at radius 3 is 2.86 bits per heavy atom. The maximum Gasteiger partial charge on any atom is 0.311 e. The predicted molar refractivity (Wildman–Crippen MR) is 69.5 cm³/mol. The minimum Gasteiger partial charge on any atom is -0.481 e. The Bertz CT molecular complexity index is 458. The maximum atomic E-state index is 11.6. The topological polar surface area (TPSA) is 109 Å². The zero-order valence-corrected chi connectivity index (χ0v) is 12.0. The Hall–Kier alpha value is -1.58. The molecule has 1 aliphatic heterocycles. The van der Waals surface area contributed by atoms with Gasteiger partial charge in [-0.3, -0.25) is 4.79 Å². The molecule has 1 N–H and O–H groups in total. The molecule has 0 radical (unpaired) electrons. The van der Waals surface area contributed by atoms with Gasteiger partial charge < -0.3 is 19.3 Å². The molecule has 21 heavy (non-hydrogen) atoms. The molecule has 0 aromatic carbocycles. The zero-order chi connectivity index (χ0) is 15.1. The molecule has 1 aliphatic rings. The van der Waals surface area contributed by atoms with Crippen LogP contribution in [0.15, 0.2) is 0 Å². The SMILES string of the molecule is COCCOCc1nnnn1CC1(C(=O)O)CCOCC1. The van der Waals surface area contributed by atoms with Crippen LogP contribution in [0.5, 0.6) is 0 Å². The van der Waals surface area contributed by atoms with Gasteiger partial charge in [-0.15, -0.1) is 5.10 Å². The van der Waals surface area contributed by atoms with Gasteiger partial charge >= 0.3 is 5.97 Å². The first-order valence-corrected chi connectivity index (χ1v) is 6.81. The number of tetrazole rings is 1. The van der Waals surface area contributed by atoms with Crippen LogP contribution in [0.25, 0.3) is 0 Å². The van der Waals surface area contributed by atoms with E-state index in [0.717, 1.165) is 0 Å². The summed E-state index contributed by atoms with van der Waals surface area (Å²) in [7, 11) is 1.59. The van der Waals surface area contributed by atoms with Crippen molar-refractivity contribution in [3.8, 4) is 0 Å². The molecular formula is C12H20N4O5. The normalized spacial score (nSPS) is 17.8. The zero-order valence-electron chi connectivity index (χ0n) is 12.0. The molecule has 9 nitrogen and oxygen atoms in total. The third-order valence-electron chi connectivity index (χ3n) is 3.63. The molecule has 2 heterocycles. The highest BCUT2D eigenvalue weighted by atomic mass is 16.5. The second-order valence-electron chi connectivity index (χ2n) is 5.00. The first kappa shape index (κ1) is 15.8. The van der Waals surface area contributed by atoms with Gasteiger partial charge in [-0.25, -0.2) is 4.68 Å². The van der Waals surface area contributed by atoms with E-state index in [-0.39, 0.29) is 13.2 Å². The molecule has 2 rings (SSSR count). The molecule has 0 saturated carbocycles. The van der Waals surface area contributed by atoms with E-state index in [2.05, 4.69) is 15.5 Å². The van der Waals surface area contributed by atoms with Crippen molar-refractivity contribution >= 4 is 5.97 Å². The molecule has 9 heteroatoms. The van der Waals surface area contributed by atoms with Crippen LogP contribution in [0.4, 0.5) is 0 Å². The van der Waals surface area contributed by atoms with Crippen molar-refractivity contribution in [3.05, 3.63) is 5.82 Å². The largest absolute Gasteiger partial charge is 0.481 e. The molecule has 0 unspecified atom stereocenters. The molecule has 0 atom stereocenters. The Labute approximate surface area is 122 Å². The second kappa shape index (κ2) is 7.43. The number of carboxylic acids is 1. The van der Waals surface area contributed by atoms with E-state index in [1.165, 1.54) is 4.68 Å². The number of rotatable bonds is 8. The van der Waals surface area contributed by atoms with Crippen molar-refractivity contribution in [2.45, 2.75) is 26.0 Å². The first-order chi connectivity index (χ1) is 10.2. The summed E-state index contributed by atoms with van der Waals surface area (Å²) >= 11 is 0. The quantitative estimate of drug-likeness (QED) is 0.653.